The number of aliphatic hydroxyl groups is 5. The van der Waals surface area contributed by atoms with Crippen LogP contribution in [0.3, 0.4) is 0 Å². The number of alkyl halides is 2. The fraction of sp³-hybridized carbons (Fsp3) is 0.947. The quantitative estimate of drug-likeness (QED) is 0.245. The molecule has 5 N–H and O–H groups in total. The van der Waals surface area contributed by atoms with E-state index < -0.39 is 60.0 Å². The molecule has 0 amide bonds. The van der Waals surface area contributed by atoms with Gasteiger partial charge in [-0.05, 0) is 104 Å². The Morgan fingerprint density at radius 2 is 1.51 bits per heavy atom. The van der Waals surface area contributed by atoms with E-state index >= 15 is 0 Å². The zero-order valence-corrected chi connectivity index (χ0v) is 30.7. The van der Waals surface area contributed by atoms with E-state index in [0.29, 0.717) is 30.9 Å². The molecular weight excluding hydrogens is 638 g/mol. The molecule has 16 atom stereocenters. The molecule has 4 saturated carbocycles. The van der Waals surface area contributed by atoms with E-state index in [1.807, 2.05) is 0 Å². The number of ether oxygens (including phenoxy) is 4. The Labute approximate surface area is 289 Å². The molecule has 1 saturated heterocycles. The van der Waals surface area contributed by atoms with E-state index in [-0.39, 0.29) is 46.2 Å². The van der Waals surface area contributed by atoms with Crippen molar-refractivity contribution >= 4 is 0 Å². The summed E-state index contributed by atoms with van der Waals surface area (Å²) in [5, 5.41) is 54.4. The van der Waals surface area contributed by atoms with Crippen molar-refractivity contribution < 1.29 is 53.3 Å². The number of rotatable bonds is 6. The van der Waals surface area contributed by atoms with Gasteiger partial charge >= 0.3 is 6.11 Å². The van der Waals surface area contributed by atoms with Gasteiger partial charge in [0.2, 0.25) is 0 Å². The number of aliphatic hydroxyl groups excluding tert-OH is 4. The van der Waals surface area contributed by atoms with Gasteiger partial charge in [-0.25, -0.2) is 0 Å². The standard InChI is InChI=1S/C38H60F2O9/c1-18-16-21(30(33(5,6)45)49-36(9,39)40)47-28-25(18)34(7)14-15-38-19(2)37(38)13-12-24(48-31-27(43)26(42)20(41)17-46-31)32(3,4)22(37)10-11-23(38)35(34,8)29(28)44/h18-24,26-27,29-31,41-45H,10-17H2,1-9H3. The van der Waals surface area contributed by atoms with Crippen molar-refractivity contribution in [2.75, 3.05) is 6.61 Å². The molecule has 0 aromatic rings. The molecule has 7 rings (SSSR count). The van der Waals surface area contributed by atoms with E-state index in [1.165, 1.54) is 13.8 Å². The van der Waals surface area contributed by atoms with E-state index in [4.69, 9.17) is 18.9 Å². The summed E-state index contributed by atoms with van der Waals surface area (Å²) in [5.41, 5.74) is -1.53. The van der Waals surface area contributed by atoms with Gasteiger partial charge < -0.3 is 44.5 Å². The van der Waals surface area contributed by atoms with E-state index in [0.717, 1.165) is 44.1 Å². The third kappa shape index (κ3) is 4.67. The lowest BCUT2D eigenvalue weighted by Gasteiger charge is -2.63. The Bertz CT molecular complexity index is 1360. The predicted molar refractivity (Wildman–Crippen MR) is 175 cm³/mol. The van der Waals surface area contributed by atoms with Gasteiger partial charge in [0.1, 0.15) is 42.4 Å². The van der Waals surface area contributed by atoms with Gasteiger partial charge in [-0.2, -0.15) is 8.78 Å². The summed E-state index contributed by atoms with van der Waals surface area (Å²) in [4.78, 5) is 0. The third-order valence-corrected chi connectivity index (χ3v) is 16.0. The second-order valence-corrected chi connectivity index (χ2v) is 18.8. The predicted octanol–water partition coefficient (Wildman–Crippen LogP) is 4.91. The summed E-state index contributed by atoms with van der Waals surface area (Å²) in [5.74, 6) is 1.45. The van der Waals surface area contributed by atoms with E-state index in [1.54, 1.807) is 0 Å². The highest BCUT2D eigenvalue weighted by atomic mass is 19.3. The minimum absolute atomic E-state index is 0.0226. The lowest BCUT2D eigenvalue weighted by atomic mass is 9.41. The lowest BCUT2D eigenvalue weighted by molar-refractivity contribution is -0.303. The maximum Gasteiger partial charge on any atom is 0.353 e. The Hall–Kier alpha value is -0.920. The van der Waals surface area contributed by atoms with Crippen molar-refractivity contribution in [3.05, 3.63) is 11.3 Å². The molecule has 2 spiro atoms. The molecule has 0 radical (unpaired) electrons. The van der Waals surface area contributed by atoms with Crippen molar-refractivity contribution in [2.24, 2.45) is 50.7 Å². The molecule has 2 aliphatic heterocycles. The summed E-state index contributed by atoms with van der Waals surface area (Å²) < 4.78 is 52.3. The van der Waals surface area contributed by atoms with Crippen LogP contribution in [-0.2, 0) is 18.9 Å². The SMILES string of the molecule is CC1CC(C(OC(C)(F)F)C(C)(C)O)OC2=C1C1(C)CCC34C(CCC5C(C)(C)C(OC6OCC(O)C(O)C6O)CCC53C4C)C1(C)C2O. The van der Waals surface area contributed by atoms with Gasteiger partial charge in [-0.15, -0.1) is 0 Å². The Morgan fingerprint density at radius 3 is 2.14 bits per heavy atom. The van der Waals surface area contributed by atoms with Gasteiger partial charge in [0.25, 0.3) is 0 Å². The highest BCUT2D eigenvalue weighted by molar-refractivity contribution is 5.43. The highest BCUT2D eigenvalue weighted by Gasteiger charge is 2.87. The molecule has 0 aromatic carbocycles. The molecular formula is C38H60F2O9. The molecule has 0 bridgehead atoms. The van der Waals surface area contributed by atoms with Crippen LogP contribution in [0.15, 0.2) is 11.3 Å². The Balaban J connectivity index is 1.17. The molecule has 5 fully saturated rings. The van der Waals surface area contributed by atoms with Crippen LogP contribution in [0, 0.1) is 50.7 Å². The number of fused-ring (bicyclic) bond motifs is 3. The molecule has 5 aliphatic carbocycles. The summed E-state index contributed by atoms with van der Waals surface area (Å²) in [6, 6.07) is 0. The van der Waals surface area contributed by atoms with Crippen LogP contribution in [0.25, 0.3) is 0 Å². The van der Waals surface area contributed by atoms with Gasteiger partial charge in [0.05, 0.1) is 18.3 Å². The van der Waals surface area contributed by atoms with Gasteiger partial charge in [0.15, 0.2) is 6.29 Å². The minimum atomic E-state index is -3.46. The maximum absolute atomic E-state index is 14.2. The van der Waals surface area contributed by atoms with Crippen LogP contribution in [0.1, 0.15) is 107 Å². The normalized spacial score (nSPS) is 52.6. The molecule has 16 unspecified atom stereocenters. The van der Waals surface area contributed by atoms with Gasteiger partial charge in [-0.1, -0.05) is 41.5 Å². The lowest BCUT2D eigenvalue weighted by Crippen LogP contribution is -2.61. The van der Waals surface area contributed by atoms with Crippen molar-refractivity contribution in [1.82, 2.24) is 0 Å². The second kappa shape index (κ2) is 11.1. The summed E-state index contributed by atoms with van der Waals surface area (Å²) >= 11 is 0. The first-order valence-corrected chi connectivity index (χ1v) is 18.7. The maximum atomic E-state index is 14.2. The molecule has 49 heavy (non-hydrogen) atoms. The second-order valence-electron chi connectivity index (χ2n) is 18.8. The molecule has 11 heteroatoms. The summed E-state index contributed by atoms with van der Waals surface area (Å²) in [7, 11) is 0. The topological polar surface area (TPSA) is 138 Å². The average Bonchev–Trinajstić information content (AvgIpc) is 3.46. The van der Waals surface area contributed by atoms with Gasteiger partial charge in [0, 0.05) is 17.8 Å². The minimum Gasteiger partial charge on any atom is -0.489 e. The van der Waals surface area contributed by atoms with Gasteiger partial charge in [-0.3, -0.25) is 0 Å². The first kappa shape index (κ1) is 36.4. The first-order chi connectivity index (χ1) is 22.5. The fourth-order valence-corrected chi connectivity index (χ4v) is 13.8. The van der Waals surface area contributed by atoms with Crippen LogP contribution in [-0.4, -0.2) is 92.9 Å². The first-order valence-electron chi connectivity index (χ1n) is 18.7. The van der Waals surface area contributed by atoms with E-state index in [2.05, 4.69) is 41.5 Å². The largest absolute Gasteiger partial charge is 0.489 e. The fourth-order valence-electron chi connectivity index (χ4n) is 13.8. The Kier molecular flexibility index (Phi) is 8.22. The van der Waals surface area contributed by atoms with Crippen LogP contribution >= 0.6 is 0 Å². The molecule has 7 aliphatic rings. The Morgan fingerprint density at radius 1 is 0.878 bits per heavy atom. The summed E-state index contributed by atoms with van der Waals surface area (Å²) in [6.07, 6.45) is -5.55. The van der Waals surface area contributed by atoms with Crippen LogP contribution < -0.4 is 0 Å². The van der Waals surface area contributed by atoms with Crippen molar-refractivity contribution in [3.8, 4) is 0 Å². The average molecular weight is 699 g/mol. The van der Waals surface area contributed by atoms with Crippen LogP contribution in [0.4, 0.5) is 8.78 Å². The molecule has 9 nitrogen and oxygen atoms in total. The molecule has 2 heterocycles. The van der Waals surface area contributed by atoms with Crippen LogP contribution in [0.5, 0.6) is 0 Å². The number of allylic oxidation sites excluding steroid dienone is 1. The zero-order chi connectivity index (χ0) is 36.1. The number of halogens is 2. The monoisotopic (exact) mass is 698 g/mol. The van der Waals surface area contributed by atoms with E-state index in [9.17, 15) is 34.3 Å². The zero-order valence-electron chi connectivity index (χ0n) is 30.7. The summed E-state index contributed by atoms with van der Waals surface area (Å²) in [6.45, 7) is 17.1. The number of hydrogen-bond donors (Lipinski definition) is 5. The smallest absolute Gasteiger partial charge is 0.353 e. The van der Waals surface area contributed by atoms with Crippen LogP contribution in [0.2, 0.25) is 0 Å². The van der Waals surface area contributed by atoms with Crippen molar-refractivity contribution in [3.63, 3.8) is 0 Å². The third-order valence-electron chi connectivity index (χ3n) is 16.0. The molecule has 280 valence electrons. The molecule has 0 aromatic heterocycles. The van der Waals surface area contributed by atoms with Crippen molar-refractivity contribution in [1.29, 1.82) is 0 Å². The number of hydrogen-bond acceptors (Lipinski definition) is 9. The highest BCUT2D eigenvalue weighted by Crippen LogP contribution is 2.91. The van der Waals surface area contributed by atoms with Crippen molar-refractivity contribution in [2.45, 2.75) is 168 Å².